The third-order valence-corrected chi connectivity index (χ3v) is 11.0. The second-order valence-corrected chi connectivity index (χ2v) is 15.7. The van der Waals surface area contributed by atoms with Gasteiger partial charge in [0.05, 0.1) is 59.5 Å². The molecule has 3 aliphatic heterocycles. The predicted molar refractivity (Wildman–Crippen MR) is 215 cm³/mol. The zero-order valence-electron chi connectivity index (χ0n) is 32.8. The number of pyridine rings is 1. The van der Waals surface area contributed by atoms with E-state index in [9.17, 15) is 14.4 Å². The number of nitrogens with one attached hydrogen (secondary N) is 3. The number of allylic oxidation sites excluding steroid dienone is 1. The number of ether oxygens (including phenoxy) is 1. The molecular weight excluding hydrogens is 711 g/mol. The second-order valence-electron chi connectivity index (χ2n) is 15.7. The summed E-state index contributed by atoms with van der Waals surface area (Å²) in [7, 11) is 4.20. The molecule has 298 valence electrons. The molecule has 2 aliphatic carbocycles. The molecule has 2 aromatic heterocycles. The monoisotopic (exact) mass is 765 g/mol. The van der Waals surface area contributed by atoms with E-state index in [-0.39, 0.29) is 47.4 Å². The van der Waals surface area contributed by atoms with Gasteiger partial charge in [-0.25, -0.2) is 4.98 Å². The Balaban J connectivity index is 0.000000536. The van der Waals surface area contributed by atoms with E-state index in [1.807, 2.05) is 30.5 Å². The quantitative estimate of drug-likeness (QED) is 0.103. The summed E-state index contributed by atoms with van der Waals surface area (Å²) in [6.07, 6.45) is 9.08. The van der Waals surface area contributed by atoms with Crippen LogP contribution in [0.5, 0.6) is 0 Å². The molecule has 15 heteroatoms. The number of anilines is 2. The van der Waals surface area contributed by atoms with Gasteiger partial charge in [0.1, 0.15) is 17.2 Å². The van der Waals surface area contributed by atoms with E-state index in [1.165, 1.54) is 11.8 Å². The summed E-state index contributed by atoms with van der Waals surface area (Å²) >= 11 is 0. The molecular formula is C41H55N11O4. The van der Waals surface area contributed by atoms with Crippen molar-refractivity contribution in [3.05, 3.63) is 83.0 Å². The highest BCUT2D eigenvalue weighted by Crippen LogP contribution is 2.49. The van der Waals surface area contributed by atoms with Gasteiger partial charge in [-0.1, -0.05) is 25.1 Å². The van der Waals surface area contributed by atoms with Gasteiger partial charge in [-0.15, -0.1) is 0 Å². The standard InChI is InChI=1S/C35H42N10O3.C6H13NO/c1-3-29-33-26(15-38-45(33)24-17-44(18-24)16-22-6-4-7-23(19-46)39-22)25-8-5-9-27(32(25)43(29)2)41-28(31(37)35(48)40-21-12-13-21)14-30(36)42-34(47)20-10-11-20;1-6-5-7(2)3-4-8-6/h4-9,14-15,19-21,24,29,41H,3,10-13,16-18,36-37H2,1-2H3,(H,40,48)(H,42,47);6H,3-5H2,1-2H3/b30-14+,31-28+;/t;6-/m.1/s1. The largest absolute Gasteiger partial charge is 0.393 e. The van der Waals surface area contributed by atoms with Crippen LogP contribution in [-0.4, -0.2) is 102 Å². The van der Waals surface area contributed by atoms with Crippen molar-refractivity contribution < 1.29 is 19.1 Å². The van der Waals surface area contributed by atoms with Crippen LogP contribution in [0.4, 0.5) is 11.4 Å². The van der Waals surface area contributed by atoms with Gasteiger partial charge in [-0.05, 0) is 64.3 Å². The van der Waals surface area contributed by atoms with E-state index in [4.69, 9.17) is 21.3 Å². The number of nitrogens with zero attached hydrogens (tertiary/aromatic N) is 6. The zero-order chi connectivity index (χ0) is 39.5. The molecule has 0 radical (unpaired) electrons. The number of rotatable bonds is 12. The number of aldehydes is 1. The third-order valence-electron chi connectivity index (χ3n) is 11.0. The molecule has 3 aromatic rings. The van der Waals surface area contributed by atoms with Crippen molar-refractivity contribution in [2.24, 2.45) is 17.4 Å². The van der Waals surface area contributed by atoms with Gasteiger partial charge < -0.3 is 42.0 Å². The Hall–Kier alpha value is -5.25. The number of carbonyl (C=O) groups is 3. The van der Waals surface area contributed by atoms with E-state index in [0.717, 1.165) is 99.4 Å². The van der Waals surface area contributed by atoms with Crippen molar-refractivity contribution in [1.82, 2.24) is 35.2 Å². The molecule has 15 nitrogen and oxygen atoms in total. The Morgan fingerprint density at radius 2 is 1.79 bits per heavy atom. The van der Waals surface area contributed by atoms with E-state index in [1.54, 1.807) is 6.07 Å². The molecule has 56 heavy (non-hydrogen) atoms. The molecule has 2 saturated heterocycles. The van der Waals surface area contributed by atoms with Crippen LogP contribution in [0, 0.1) is 5.92 Å². The minimum absolute atomic E-state index is 0.00948. The highest BCUT2D eigenvalue weighted by Gasteiger charge is 2.38. The molecule has 5 heterocycles. The number of fused-ring (bicyclic) bond motifs is 3. The van der Waals surface area contributed by atoms with E-state index in [2.05, 4.69) is 74.3 Å². The van der Waals surface area contributed by atoms with E-state index < -0.39 is 0 Å². The molecule has 8 rings (SSSR count). The average molecular weight is 766 g/mol. The molecule has 1 aromatic carbocycles. The van der Waals surface area contributed by atoms with Crippen molar-refractivity contribution >= 4 is 29.5 Å². The topological polar surface area (TPSA) is 189 Å². The average Bonchev–Trinajstić information content (AvgIpc) is 4.11. The fourth-order valence-electron chi connectivity index (χ4n) is 7.67. The van der Waals surface area contributed by atoms with Crippen LogP contribution in [0.15, 0.2) is 65.9 Å². The number of nitrogens with two attached hydrogens (primary N) is 2. The molecule has 0 spiro atoms. The van der Waals surface area contributed by atoms with Gasteiger partial charge in [-0.3, -0.25) is 24.0 Å². The first-order valence-corrected chi connectivity index (χ1v) is 19.8. The lowest BCUT2D eigenvalue weighted by Gasteiger charge is -2.43. The summed E-state index contributed by atoms with van der Waals surface area (Å²) in [5.41, 5.74) is 19.3. The number of likely N-dealkylation sites (N-methyl/N-ethyl adjacent to an activating group) is 1. The van der Waals surface area contributed by atoms with Crippen molar-refractivity contribution in [3.8, 4) is 11.1 Å². The molecule has 4 fully saturated rings. The third kappa shape index (κ3) is 8.90. The number of hydrogen-bond donors (Lipinski definition) is 5. The highest BCUT2D eigenvalue weighted by atomic mass is 16.5. The second kappa shape index (κ2) is 16.9. The maximum absolute atomic E-state index is 13.1. The van der Waals surface area contributed by atoms with E-state index >= 15 is 0 Å². The maximum Gasteiger partial charge on any atom is 0.269 e. The molecule has 2 atom stereocenters. The van der Waals surface area contributed by atoms with Gasteiger partial charge >= 0.3 is 0 Å². The number of para-hydroxylation sites is 1. The van der Waals surface area contributed by atoms with Gasteiger partial charge in [0.2, 0.25) is 5.91 Å². The van der Waals surface area contributed by atoms with Gasteiger partial charge in [-0.2, -0.15) is 5.10 Å². The molecule has 1 unspecified atom stereocenters. The number of hydrogen-bond acceptors (Lipinski definition) is 12. The number of likely N-dealkylation sites (tertiary alicyclic amines) is 1. The first-order valence-electron chi connectivity index (χ1n) is 19.8. The van der Waals surface area contributed by atoms with Crippen LogP contribution < -0.4 is 32.3 Å². The highest BCUT2D eigenvalue weighted by molar-refractivity contribution is 5.96. The molecule has 0 bridgehead atoms. The van der Waals surface area contributed by atoms with Crippen LogP contribution >= 0.6 is 0 Å². The predicted octanol–water partition coefficient (Wildman–Crippen LogP) is 3.24. The maximum atomic E-state index is 13.1. The van der Waals surface area contributed by atoms with Gasteiger partial charge in [0.15, 0.2) is 6.29 Å². The Kier molecular flexibility index (Phi) is 11.7. The van der Waals surface area contributed by atoms with Crippen molar-refractivity contribution in [1.29, 1.82) is 0 Å². The lowest BCUT2D eigenvalue weighted by Crippen LogP contribution is -2.48. The fraction of sp³-hybridized carbons (Fsp3) is 0.488. The number of carbonyl (C=O) groups excluding carboxylic acids is 3. The van der Waals surface area contributed by atoms with Crippen molar-refractivity contribution in [3.63, 3.8) is 0 Å². The van der Waals surface area contributed by atoms with E-state index in [0.29, 0.717) is 24.0 Å². The van der Waals surface area contributed by atoms with Crippen molar-refractivity contribution in [2.75, 3.05) is 57.1 Å². The van der Waals surface area contributed by atoms with Crippen molar-refractivity contribution in [2.45, 2.75) is 76.7 Å². The summed E-state index contributed by atoms with van der Waals surface area (Å²) < 4.78 is 7.48. The van der Waals surface area contributed by atoms with Crippen LogP contribution in [-0.2, 0) is 20.9 Å². The molecule has 2 amide bonds. The number of morpholine rings is 1. The summed E-state index contributed by atoms with van der Waals surface area (Å²) in [5.74, 6) is -0.419. The van der Waals surface area contributed by atoms with Gasteiger partial charge in [0, 0.05) is 68.9 Å². The summed E-state index contributed by atoms with van der Waals surface area (Å²) in [5, 5.41) is 14.0. The Morgan fingerprint density at radius 3 is 2.45 bits per heavy atom. The molecule has 5 aliphatic rings. The smallest absolute Gasteiger partial charge is 0.269 e. The zero-order valence-corrected chi connectivity index (χ0v) is 32.8. The van der Waals surface area contributed by atoms with Crippen LogP contribution in [0.3, 0.4) is 0 Å². The minimum Gasteiger partial charge on any atom is -0.393 e. The normalized spacial score (nSPS) is 21.7. The number of amides is 2. The van der Waals surface area contributed by atoms with Crippen LogP contribution in [0.2, 0.25) is 0 Å². The first kappa shape index (κ1) is 39.0. The minimum atomic E-state index is -0.382. The Morgan fingerprint density at radius 1 is 1.02 bits per heavy atom. The summed E-state index contributed by atoms with van der Waals surface area (Å²) in [4.78, 5) is 48.0. The number of benzene rings is 1. The van der Waals surface area contributed by atoms with Crippen LogP contribution in [0.25, 0.3) is 11.1 Å². The summed E-state index contributed by atoms with van der Waals surface area (Å²) in [6, 6.07) is 11.9. The fourth-order valence-corrected chi connectivity index (χ4v) is 7.67. The lowest BCUT2D eigenvalue weighted by molar-refractivity contribution is -0.121. The summed E-state index contributed by atoms with van der Waals surface area (Å²) in [6.45, 7) is 9.68. The lowest BCUT2D eigenvalue weighted by atomic mass is 9.91. The number of aromatic nitrogens is 3. The Bertz CT molecular complexity index is 1990. The SMILES string of the molecule is CCC1c2c(cnn2C2CN(Cc3cccc(C=O)n3)C2)-c2cccc(NC(/C=C(\N)NC(=O)C3CC3)=C(/N)C(=O)NC3CC3)c2N1C.C[C@@H]1CN(C)CCO1. The molecule has 7 N–H and O–H groups in total. The Labute approximate surface area is 328 Å². The first-order chi connectivity index (χ1) is 27.0. The molecule has 2 saturated carbocycles. The van der Waals surface area contributed by atoms with Gasteiger partial charge in [0.25, 0.3) is 5.91 Å². The van der Waals surface area contributed by atoms with Crippen LogP contribution in [0.1, 0.15) is 79.9 Å².